The smallest absolute Gasteiger partial charge is 0.282 e. The van der Waals surface area contributed by atoms with Gasteiger partial charge < -0.3 is 5.32 Å². The summed E-state index contributed by atoms with van der Waals surface area (Å²) >= 11 is 0. The van der Waals surface area contributed by atoms with Crippen molar-refractivity contribution in [2.75, 3.05) is 26.2 Å². The lowest BCUT2D eigenvalue weighted by atomic mass is 10.0. The molecule has 0 aromatic rings. The summed E-state index contributed by atoms with van der Waals surface area (Å²) in [6, 6.07) is 0.355. The molecular formula is C11H21N3O2S. The summed E-state index contributed by atoms with van der Waals surface area (Å²) in [6.07, 6.45) is 3.02. The lowest BCUT2D eigenvalue weighted by Crippen LogP contribution is -2.49. The Balaban J connectivity index is 1.86. The Kier molecular flexibility index (Phi) is 2.93. The van der Waals surface area contributed by atoms with Crippen molar-refractivity contribution in [3.05, 3.63) is 0 Å². The summed E-state index contributed by atoms with van der Waals surface area (Å²) in [6.45, 7) is 5.25. The second-order valence-electron chi connectivity index (χ2n) is 5.51. The molecule has 3 atom stereocenters. The monoisotopic (exact) mass is 259 g/mol. The largest absolute Gasteiger partial charge is 0.315 e. The van der Waals surface area contributed by atoms with E-state index in [0.29, 0.717) is 19.0 Å². The molecule has 3 saturated heterocycles. The van der Waals surface area contributed by atoms with Crippen LogP contribution >= 0.6 is 0 Å². The summed E-state index contributed by atoms with van der Waals surface area (Å²) in [5.41, 5.74) is 0. The van der Waals surface area contributed by atoms with Crippen LogP contribution in [-0.2, 0) is 10.2 Å². The second kappa shape index (κ2) is 4.19. The lowest BCUT2D eigenvalue weighted by molar-refractivity contribution is 0.304. The van der Waals surface area contributed by atoms with Gasteiger partial charge in [-0.2, -0.15) is 17.0 Å². The zero-order valence-electron chi connectivity index (χ0n) is 10.3. The summed E-state index contributed by atoms with van der Waals surface area (Å²) < 4.78 is 28.7. The molecule has 0 aromatic heterocycles. The van der Waals surface area contributed by atoms with Crippen molar-refractivity contribution >= 4 is 10.2 Å². The average molecular weight is 259 g/mol. The summed E-state index contributed by atoms with van der Waals surface area (Å²) in [7, 11) is -3.22. The molecule has 0 aromatic carbocycles. The van der Waals surface area contributed by atoms with Gasteiger partial charge >= 0.3 is 0 Å². The van der Waals surface area contributed by atoms with Gasteiger partial charge in [-0.05, 0) is 38.6 Å². The van der Waals surface area contributed by atoms with Crippen LogP contribution < -0.4 is 5.32 Å². The normalized spacial score (nSPS) is 39.9. The Labute approximate surface area is 103 Å². The number of nitrogens with one attached hydrogen (secondary N) is 1. The van der Waals surface area contributed by atoms with Crippen LogP contribution in [0.1, 0.15) is 26.2 Å². The average Bonchev–Trinajstić information content (AvgIpc) is 2.88. The van der Waals surface area contributed by atoms with E-state index >= 15 is 0 Å². The third-order valence-electron chi connectivity index (χ3n) is 4.37. The first-order chi connectivity index (χ1) is 8.10. The van der Waals surface area contributed by atoms with Crippen LogP contribution in [0.2, 0.25) is 0 Å². The van der Waals surface area contributed by atoms with Crippen molar-refractivity contribution in [2.24, 2.45) is 5.92 Å². The third-order valence-corrected chi connectivity index (χ3v) is 6.55. The van der Waals surface area contributed by atoms with Crippen LogP contribution in [0, 0.1) is 5.92 Å². The van der Waals surface area contributed by atoms with Gasteiger partial charge in [-0.15, -0.1) is 0 Å². The van der Waals surface area contributed by atoms with Crippen molar-refractivity contribution in [1.82, 2.24) is 13.9 Å². The maximum absolute atomic E-state index is 12.6. The Morgan fingerprint density at radius 3 is 2.59 bits per heavy atom. The van der Waals surface area contributed by atoms with Crippen LogP contribution in [-0.4, -0.2) is 55.3 Å². The maximum Gasteiger partial charge on any atom is 0.282 e. The SMILES string of the molecule is CC1CC2CNCC2N1S(=O)(=O)N1CCCC1. The minimum absolute atomic E-state index is 0.165. The van der Waals surface area contributed by atoms with Crippen molar-refractivity contribution in [2.45, 2.75) is 38.3 Å². The fourth-order valence-corrected chi connectivity index (χ4v) is 5.69. The highest BCUT2D eigenvalue weighted by Crippen LogP contribution is 2.36. The van der Waals surface area contributed by atoms with Gasteiger partial charge in [0.25, 0.3) is 10.2 Å². The van der Waals surface area contributed by atoms with E-state index in [2.05, 4.69) is 5.32 Å². The second-order valence-corrected chi connectivity index (χ2v) is 7.35. The minimum Gasteiger partial charge on any atom is -0.315 e. The molecule has 3 aliphatic rings. The predicted octanol–water partition coefficient (Wildman–Crippen LogP) is 0.00920. The Morgan fingerprint density at radius 1 is 1.18 bits per heavy atom. The molecule has 0 saturated carbocycles. The molecule has 0 aliphatic carbocycles. The van der Waals surface area contributed by atoms with Gasteiger partial charge in [0, 0.05) is 31.7 Å². The first-order valence-electron chi connectivity index (χ1n) is 6.60. The molecular weight excluding hydrogens is 238 g/mol. The van der Waals surface area contributed by atoms with Crippen LogP contribution in [0.3, 0.4) is 0 Å². The predicted molar refractivity (Wildman–Crippen MR) is 65.8 cm³/mol. The van der Waals surface area contributed by atoms with E-state index in [0.717, 1.165) is 32.4 Å². The minimum atomic E-state index is -3.22. The van der Waals surface area contributed by atoms with E-state index in [-0.39, 0.29) is 12.1 Å². The molecule has 3 aliphatic heterocycles. The Morgan fingerprint density at radius 2 is 1.88 bits per heavy atom. The fourth-order valence-electron chi connectivity index (χ4n) is 3.58. The van der Waals surface area contributed by atoms with Gasteiger partial charge in [0.1, 0.15) is 0 Å². The topological polar surface area (TPSA) is 52.7 Å². The van der Waals surface area contributed by atoms with Crippen molar-refractivity contribution in [1.29, 1.82) is 0 Å². The number of fused-ring (bicyclic) bond motifs is 1. The van der Waals surface area contributed by atoms with Crippen molar-refractivity contribution in [3.8, 4) is 0 Å². The highest BCUT2D eigenvalue weighted by Gasteiger charge is 2.49. The van der Waals surface area contributed by atoms with Crippen LogP contribution in [0.15, 0.2) is 0 Å². The summed E-state index contributed by atoms with van der Waals surface area (Å²) in [4.78, 5) is 0. The van der Waals surface area contributed by atoms with Crippen LogP contribution in [0.25, 0.3) is 0 Å². The van der Waals surface area contributed by atoms with E-state index < -0.39 is 10.2 Å². The van der Waals surface area contributed by atoms with Gasteiger partial charge in [0.15, 0.2) is 0 Å². The maximum atomic E-state index is 12.6. The lowest BCUT2D eigenvalue weighted by Gasteiger charge is -2.30. The number of hydrogen-bond acceptors (Lipinski definition) is 3. The van der Waals surface area contributed by atoms with Gasteiger partial charge in [-0.3, -0.25) is 0 Å². The molecule has 0 bridgehead atoms. The Hall–Kier alpha value is -0.170. The molecule has 0 radical (unpaired) electrons. The van der Waals surface area contributed by atoms with Gasteiger partial charge in [0.05, 0.1) is 0 Å². The molecule has 3 unspecified atom stereocenters. The molecule has 98 valence electrons. The molecule has 5 nitrogen and oxygen atoms in total. The molecule has 0 spiro atoms. The van der Waals surface area contributed by atoms with Crippen molar-refractivity contribution < 1.29 is 8.42 Å². The zero-order valence-corrected chi connectivity index (χ0v) is 11.1. The zero-order chi connectivity index (χ0) is 12.0. The molecule has 3 rings (SSSR count). The summed E-state index contributed by atoms with van der Waals surface area (Å²) in [5.74, 6) is 0.516. The van der Waals surface area contributed by atoms with E-state index in [9.17, 15) is 8.42 Å². The molecule has 17 heavy (non-hydrogen) atoms. The Bertz CT molecular complexity index is 392. The van der Waals surface area contributed by atoms with E-state index in [1.54, 1.807) is 8.61 Å². The highest BCUT2D eigenvalue weighted by atomic mass is 32.2. The molecule has 1 N–H and O–H groups in total. The molecule has 0 amide bonds. The van der Waals surface area contributed by atoms with Gasteiger partial charge in [-0.25, -0.2) is 0 Å². The first kappa shape index (κ1) is 11.9. The number of nitrogens with zero attached hydrogens (tertiary/aromatic N) is 2. The number of rotatable bonds is 2. The fraction of sp³-hybridized carbons (Fsp3) is 1.00. The highest BCUT2D eigenvalue weighted by molar-refractivity contribution is 7.86. The van der Waals surface area contributed by atoms with E-state index in [1.165, 1.54) is 0 Å². The van der Waals surface area contributed by atoms with Crippen LogP contribution in [0.4, 0.5) is 0 Å². The molecule has 3 fully saturated rings. The van der Waals surface area contributed by atoms with Crippen LogP contribution in [0.5, 0.6) is 0 Å². The third kappa shape index (κ3) is 1.82. The van der Waals surface area contributed by atoms with Gasteiger partial charge in [-0.1, -0.05) is 0 Å². The van der Waals surface area contributed by atoms with Crippen molar-refractivity contribution in [3.63, 3.8) is 0 Å². The van der Waals surface area contributed by atoms with Gasteiger partial charge in [0.2, 0.25) is 0 Å². The van der Waals surface area contributed by atoms with E-state index in [4.69, 9.17) is 0 Å². The summed E-state index contributed by atoms with van der Waals surface area (Å²) in [5, 5.41) is 3.31. The number of hydrogen-bond donors (Lipinski definition) is 1. The quantitative estimate of drug-likeness (QED) is 0.760. The standard InChI is InChI=1S/C11H21N3O2S/c1-9-6-10-7-12-8-11(10)14(9)17(15,16)13-4-2-3-5-13/h9-12H,2-8H2,1H3. The molecule has 6 heteroatoms. The molecule has 3 heterocycles. The van der Waals surface area contributed by atoms with E-state index in [1.807, 2.05) is 6.92 Å². The first-order valence-corrected chi connectivity index (χ1v) is 8.00.